The molecule has 0 aromatic heterocycles. The van der Waals surface area contributed by atoms with Gasteiger partial charge < -0.3 is 0 Å². The maximum atomic E-state index is 2.45. The van der Waals surface area contributed by atoms with Crippen molar-refractivity contribution in [3.8, 4) is 0 Å². The van der Waals surface area contributed by atoms with Gasteiger partial charge in [-0.2, -0.15) is 0 Å². The van der Waals surface area contributed by atoms with Gasteiger partial charge in [0.05, 0.1) is 0 Å². The van der Waals surface area contributed by atoms with Gasteiger partial charge in [-0.25, -0.2) is 0 Å². The Balaban J connectivity index is 1.76. The zero-order chi connectivity index (χ0) is 26.4. The average Bonchev–Trinajstić information content (AvgIpc) is 3.04. The SMILES string of the molecule is c1cc[c]([Pb]([S][Pb]([c]2ccccc2)([c]2ccccc2)[c]2ccccc2)([c]2ccccc2)[c]2ccccc2)cc1. The first-order valence-corrected chi connectivity index (χ1v) is 35.4. The minimum absolute atomic E-state index is 1.53. The molecule has 188 valence electrons. The fourth-order valence-electron chi connectivity index (χ4n) is 5.62. The molecule has 0 aliphatic heterocycles. The number of rotatable bonds is 8. The van der Waals surface area contributed by atoms with Crippen LogP contribution in [0, 0.1) is 0 Å². The second-order valence-corrected chi connectivity index (χ2v) is 67.9. The third-order valence-corrected chi connectivity index (χ3v) is 117. The van der Waals surface area contributed by atoms with Gasteiger partial charge in [-0.05, 0) is 0 Å². The van der Waals surface area contributed by atoms with Crippen LogP contribution < -0.4 is 18.7 Å². The van der Waals surface area contributed by atoms with E-state index in [1.54, 1.807) is 0 Å². The number of benzene rings is 6. The van der Waals surface area contributed by atoms with Crippen LogP contribution >= 0.6 is 4.86 Å². The first-order valence-electron chi connectivity index (χ1n) is 13.4. The van der Waals surface area contributed by atoms with Crippen LogP contribution in [0.25, 0.3) is 0 Å². The van der Waals surface area contributed by atoms with Crippen LogP contribution in [0.1, 0.15) is 0 Å². The van der Waals surface area contributed by atoms with Crippen molar-refractivity contribution in [1.82, 2.24) is 0 Å². The van der Waals surface area contributed by atoms with Gasteiger partial charge in [0, 0.05) is 0 Å². The fourth-order valence-corrected chi connectivity index (χ4v) is 170. The van der Waals surface area contributed by atoms with Crippen molar-refractivity contribution in [2.75, 3.05) is 0 Å². The summed E-state index contributed by atoms with van der Waals surface area (Å²) in [6, 6.07) is 68.7. The molecule has 0 atom stereocenters. The number of hydrogen-bond donors (Lipinski definition) is 0. The molecule has 0 bridgehead atoms. The van der Waals surface area contributed by atoms with Crippen LogP contribution in [-0.4, -0.2) is 39.3 Å². The third-order valence-electron chi connectivity index (χ3n) is 7.39. The van der Waals surface area contributed by atoms with Crippen LogP contribution in [0.15, 0.2) is 182 Å². The van der Waals surface area contributed by atoms with E-state index >= 15 is 0 Å². The summed E-state index contributed by atoms with van der Waals surface area (Å²) in [5.41, 5.74) is 0. The van der Waals surface area contributed by atoms with E-state index in [0.717, 1.165) is 0 Å². The predicted octanol–water partition coefficient (Wildman–Crippen LogP) is 5.05. The zero-order valence-corrected chi connectivity index (χ0v) is 30.3. The predicted molar refractivity (Wildman–Crippen MR) is 176 cm³/mol. The standard InChI is InChI=1S/6C6H5.2Pb.S/c6*1-2-4-6-5-3-1;;;/h6*1-5H;;;. The molecule has 3 heteroatoms. The van der Waals surface area contributed by atoms with Crippen LogP contribution in [0.4, 0.5) is 0 Å². The van der Waals surface area contributed by atoms with Gasteiger partial charge in [0.2, 0.25) is 0 Å². The molecule has 6 aromatic carbocycles. The van der Waals surface area contributed by atoms with Gasteiger partial charge in [0.15, 0.2) is 0 Å². The van der Waals surface area contributed by atoms with E-state index in [2.05, 4.69) is 187 Å². The first-order chi connectivity index (χ1) is 19.3. The Morgan fingerprint density at radius 2 is 0.385 bits per heavy atom. The maximum absolute atomic E-state index is 3.90. The quantitative estimate of drug-likeness (QED) is 0.193. The van der Waals surface area contributed by atoms with E-state index in [1.165, 1.54) is 18.7 Å². The third kappa shape index (κ3) is 5.21. The molecule has 6 rings (SSSR count). The van der Waals surface area contributed by atoms with Crippen LogP contribution in [0.2, 0.25) is 0 Å². The summed E-state index contributed by atoms with van der Waals surface area (Å²) in [6.07, 6.45) is 0. The second-order valence-electron chi connectivity index (χ2n) is 9.66. The molecular formula is C36H30Pb2S. The summed E-state index contributed by atoms with van der Waals surface area (Å²) in [5, 5.41) is 0. The van der Waals surface area contributed by atoms with Crippen molar-refractivity contribution >= 4 is 62.9 Å². The molecule has 0 nitrogen and oxygen atoms in total. The molecule has 0 saturated heterocycles. The Kier molecular flexibility index (Phi) is 8.47. The first kappa shape index (κ1) is 26.7. The molecule has 0 spiro atoms. The summed E-state index contributed by atoms with van der Waals surface area (Å²) in [4.78, 5) is 2.45. The number of hydrogen-bond acceptors (Lipinski definition) is 1. The molecule has 0 unspecified atom stereocenters. The van der Waals surface area contributed by atoms with E-state index in [9.17, 15) is 0 Å². The second kappa shape index (κ2) is 12.4. The van der Waals surface area contributed by atoms with E-state index < -0.39 is 39.3 Å². The molecular weight excluding hydrogens is 879 g/mol. The summed E-state index contributed by atoms with van der Waals surface area (Å²) < 4.78 is 9.16. The Labute approximate surface area is 242 Å². The van der Waals surface area contributed by atoms with Crippen molar-refractivity contribution in [2.24, 2.45) is 0 Å². The van der Waals surface area contributed by atoms with Crippen LogP contribution in [-0.2, 0) is 0 Å². The normalized spacial score (nSPS) is 11.7. The van der Waals surface area contributed by atoms with Crippen molar-refractivity contribution in [3.63, 3.8) is 0 Å². The molecule has 0 amide bonds. The summed E-state index contributed by atoms with van der Waals surface area (Å²) in [6.45, 7) is 0. The summed E-state index contributed by atoms with van der Waals surface area (Å²) >= 11 is -7.80. The Morgan fingerprint density at radius 3 is 0.538 bits per heavy atom. The van der Waals surface area contributed by atoms with Gasteiger partial charge in [0.1, 0.15) is 0 Å². The topological polar surface area (TPSA) is 0 Å². The molecule has 0 radical (unpaired) electrons. The van der Waals surface area contributed by atoms with E-state index in [1.807, 2.05) is 0 Å². The summed E-state index contributed by atoms with van der Waals surface area (Å²) in [7, 11) is 0. The molecule has 0 saturated carbocycles. The van der Waals surface area contributed by atoms with Crippen molar-refractivity contribution in [1.29, 1.82) is 0 Å². The van der Waals surface area contributed by atoms with E-state index in [4.69, 9.17) is 0 Å². The van der Waals surface area contributed by atoms with Gasteiger partial charge >= 0.3 is 245 Å². The molecule has 39 heavy (non-hydrogen) atoms. The Morgan fingerprint density at radius 1 is 0.231 bits per heavy atom. The van der Waals surface area contributed by atoms with Crippen molar-refractivity contribution < 1.29 is 0 Å². The van der Waals surface area contributed by atoms with Crippen molar-refractivity contribution in [2.45, 2.75) is 0 Å². The molecule has 0 N–H and O–H groups in total. The minimum atomic E-state index is -3.90. The summed E-state index contributed by atoms with van der Waals surface area (Å²) in [5.74, 6) is 0. The van der Waals surface area contributed by atoms with Gasteiger partial charge in [-0.15, -0.1) is 0 Å². The Hall–Kier alpha value is -2.49. The molecule has 0 aliphatic rings. The monoisotopic (exact) mass is 910 g/mol. The zero-order valence-electron chi connectivity index (χ0n) is 21.7. The Bertz CT molecular complexity index is 1270. The average molecular weight is 909 g/mol. The fraction of sp³-hybridized carbons (Fsp3) is 0. The van der Waals surface area contributed by atoms with Gasteiger partial charge in [0.25, 0.3) is 0 Å². The van der Waals surface area contributed by atoms with E-state index in [-0.39, 0.29) is 0 Å². The van der Waals surface area contributed by atoms with Gasteiger partial charge in [-0.1, -0.05) is 0 Å². The molecule has 0 heterocycles. The molecule has 0 aliphatic carbocycles. The van der Waals surface area contributed by atoms with Gasteiger partial charge in [-0.3, -0.25) is 0 Å². The van der Waals surface area contributed by atoms with Crippen LogP contribution in [0.5, 0.6) is 0 Å². The molecule has 0 fully saturated rings. The van der Waals surface area contributed by atoms with E-state index in [0.29, 0.717) is 0 Å². The molecule has 6 aromatic rings. The van der Waals surface area contributed by atoms with Crippen LogP contribution in [0.3, 0.4) is 0 Å². The van der Waals surface area contributed by atoms with Crippen molar-refractivity contribution in [3.05, 3.63) is 182 Å².